The molecule has 52 heavy (non-hydrogen) atoms. The maximum absolute atomic E-state index is 12.7. The third-order valence-electron chi connectivity index (χ3n) is 9.62. The second kappa shape index (κ2) is 17.0. The summed E-state index contributed by atoms with van der Waals surface area (Å²) >= 11 is 0. The molecule has 0 saturated carbocycles. The summed E-state index contributed by atoms with van der Waals surface area (Å²) in [6.07, 6.45) is 1.58. The number of sulfonamides is 2. The quantitative estimate of drug-likeness (QED) is 0.151. The Morgan fingerprint density at radius 1 is 0.712 bits per heavy atom. The number of hydrogen-bond acceptors (Lipinski definition) is 7. The number of benzene rings is 4. The summed E-state index contributed by atoms with van der Waals surface area (Å²) in [5.41, 5.74) is 5.54. The van der Waals surface area contributed by atoms with Crippen LogP contribution in [0.4, 0.5) is 16.2 Å². The zero-order valence-corrected chi connectivity index (χ0v) is 32.1. The Balaban J connectivity index is 0.000000203. The molecular weight excluding hydrogens is 697 g/mol. The standard InChI is InChI=1S/C21H26N2O4S.C19H24N2O2S/c1-15(2)16-7-9-20(10-8-16)28(25,26)22-19-6-4-5-17(13-19)18-11-12-23(14-18)21(24)27-3;1-14(2)15-6-8-19(9-7-15)24(22,23)21-18-5-3-4-16(12-18)17-10-11-20-13-17/h4-10,13,15,18,22H,11-12,14H2,1-3H3;3-9,12,14,17,20-21H,10-11,13H2,1-2H3. The van der Waals surface area contributed by atoms with E-state index in [4.69, 9.17) is 4.74 Å². The highest BCUT2D eigenvalue weighted by Crippen LogP contribution is 2.30. The number of nitrogens with zero attached hydrogens (tertiary/aromatic N) is 1. The van der Waals surface area contributed by atoms with E-state index in [0.29, 0.717) is 47.1 Å². The van der Waals surface area contributed by atoms with Crippen molar-refractivity contribution in [3.63, 3.8) is 0 Å². The van der Waals surface area contributed by atoms with E-state index in [1.807, 2.05) is 54.6 Å². The summed E-state index contributed by atoms with van der Waals surface area (Å²) in [7, 11) is -5.85. The van der Waals surface area contributed by atoms with Crippen LogP contribution in [-0.4, -0.2) is 61.1 Å². The number of rotatable bonds is 10. The molecule has 4 aromatic carbocycles. The highest BCUT2D eigenvalue weighted by atomic mass is 32.2. The van der Waals surface area contributed by atoms with Crippen molar-refractivity contribution in [3.05, 3.63) is 119 Å². The lowest BCUT2D eigenvalue weighted by atomic mass is 9.98. The minimum Gasteiger partial charge on any atom is -0.453 e. The van der Waals surface area contributed by atoms with Gasteiger partial charge >= 0.3 is 6.09 Å². The van der Waals surface area contributed by atoms with Gasteiger partial charge in [0.05, 0.1) is 16.9 Å². The fourth-order valence-electron chi connectivity index (χ4n) is 6.47. The molecule has 10 nitrogen and oxygen atoms in total. The monoisotopic (exact) mass is 746 g/mol. The van der Waals surface area contributed by atoms with Crippen molar-refractivity contribution in [2.75, 3.05) is 42.7 Å². The van der Waals surface area contributed by atoms with Crippen LogP contribution in [0.2, 0.25) is 0 Å². The first kappa shape index (κ1) is 38.8. The molecule has 2 saturated heterocycles. The molecule has 0 aliphatic carbocycles. The van der Waals surface area contributed by atoms with E-state index < -0.39 is 20.0 Å². The minimum atomic E-state index is -3.66. The Labute approximate surface area is 309 Å². The molecule has 2 aliphatic rings. The van der Waals surface area contributed by atoms with E-state index in [2.05, 4.69) is 48.5 Å². The van der Waals surface area contributed by atoms with Gasteiger partial charge in [0.1, 0.15) is 0 Å². The van der Waals surface area contributed by atoms with Crippen molar-refractivity contribution < 1.29 is 26.4 Å². The molecule has 0 radical (unpaired) electrons. The summed E-state index contributed by atoms with van der Waals surface area (Å²) in [5, 5.41) is 3.34. The van der Waals surface area contributed by atoms with Crippen LogP contribution in [0.5, 0.6) is 0 Å². The predicted molar refractivity (Wildman–Crippen MR) is 207 cm³/mol. The molecule has 2 heterocycles. The van der Waals surface area contributed by atoms with Gasteiger partial charge in [0.15, 0.2) is 0 Å². The first-order valence-corrected chi connectivity index (χ1v) is 20.7. The van der Waals surface area contributed by atoms with E-state index >= 15 is 0 Å². The van der Waals surface area contributed by atoms with Crippen LogP contribution in [0.25, 0.3) is 0 Å². The minimum absolute atomic E-state index is 0.161. The summed E-state index contributed by atoms with van der Waals surface area (Å²) < 4.78 is 60.7. The van der Waals surface area contributed by atoms with Crippen LogP contribution >= 0.6 is 0 Å². The van der Waals surface area contributed by atoms with E-state index in [9.17, 15) is 21.6 Å². The molecule has 2 unspecified atom stereocenters. The van der Waals surface area contributed by atoms with Crippen molar-refractivity contribution in [1.29, 1.82) is 0 Å². The number of amides is 1. The topological polar surface area (TPSA) is 134 Å². The number of anilines is 2. The largest absolute Gasteiger partial charge is 0.453 e. The third-order valence-corrected chi connectivity index (χ3v) is 12.4. The van der Waals surface area contributed by atoms with Crippen molar-refractivity contribution in [1.82, 2.24) is 10.2 Å². The lowest BCUT2D eigenvalue weighted by molar-refractivity contribution is 0.132. The lowest BCUT2D eigenvalue weighted by Gasteiger charge is -2.16. The predicted octanol–water partition coefficient (Wildman–Crippen LogP) is 7.85. The highest BCUT2D eigenvalue weighted by molar-refractivity contribution is 7.93. The van der Waals surface area contributed by atoms with Gasteiger partial charge in [-0.15, -0.1) is 0 Å². The fourth-order valence-corrected chi connectivity index (χ4v) is 8.57. The molecule has 2 fully saturated rings. The molecule has 3 N–H and O–H groups in total. The number of likely N-dealkylation sites (tertiary alicyclic amines) is 1. The van der Waals surface area contributed by atoms with Crippen LogP contribution < -0.4 is 14.8 Å². The lowest BCUT2D eigenvalue weighted by Crippen LogP contribution is -2.28. The molecular formula is C40H50N4O6S2. The fraction of sp³-hybridized carbons (Fsp3) is 0.375. The molecule has 2 atom stereocenters. The summed E-state index contributed by atoms with van der Waals surface area (Å²) in [6, 6.07) is 29.1. The van der Waals surface area contributed by atoms with Crippen LogP contribution in [0, 0.1) is 0 Å². The van der Waals surface area contributed by atoms with E-state index in [1.165, 1.54) is 12.7 Å². The van der Waals surface area contributed by atoms with Gasteiger partial charge in [-0.05, 0) is 108 Å². The van der Waals surface area contributed by atoms with Crippen molar-refractivity contribution in [3.8, 4) is 0 Å². The Morgan fingerprint density at radius 2 is 1.19 bits per heavy atom. The molecule has 6 rings (SSSR count). The molecule has 0 spiro atoms. The van der Waals surface area contributed by atoms with Gasteiger partial charge in [0, 0.05) is 36.9 Å². The van der Waals surface area contributed by atoms with Gasteiger partial charge in [-0.3, -0.25) is 9.44 Å². The van der Waals surface area contributed by atoms with E-state index in [1.54, 1.807) is 41.3 Å². The Morgan fingerprint density at radius 3 is 1.62 bits per heavy atom. The number of carbonyl (C=O) groups is 1. The highest BCUT2D eigenvalue weighted by Gasteiger charge is 2.28. The van der Waals surface area contributed by atoms with Crippen LogP contribution in [0.1, 0.15) is 86.5 Å². The van der Waals surface area contributed by atoms with Crippen LogP contribution in [-0.2, 0) is 24.8 Å². The Kier molecular flexibility index (Phi) is 12.7. The number of nitrogens with one attached hydrogen (secondary N) is 3. The third kappa shape index (κ3) is 9.93. The zero-order chi connectivity index (χ0) is 37.5. The molecule has 278 valence electrons. The average molecular weight is 747 g/mol. The van der Waals surface area contributed by atoms with Crippen molar-refractivity contribution in [2.45, 2.75) is 74.0 Å². The van der Waals surface area contributed by atoms with Gasteiger partial charge in [0.2, 0.25) is 0 Å². The first-order valence-electron chi connectivity index (χ1n) is 17.7. The van der Waals surface area contributed by atoms with Gasteiger partial charge in [-0.25, -0.2) is 21.6 Å². The van der Waals surface area contributed by atoms with Gasteiger partial charge < -0.3 is 15.0 Å². The van der Waals surface area contributed by atoms with E-state index in [0.717, 1.165) is 42.6 Å². The number of methoxy groups -OCH3 is 1. The molecule has 2 aliphatic heterocycles. The second-order valence-electron chi connectivity index (χ2n) is 14.0. The number of ether oxygens (including phenoxy) is 1. The van der Waals surface area contributed by atoms with Crippen LogP contribution in [0.15, 0.2) is 107 Å². The van der Waals surface area contributed by atoms with Gasteiger partial charge in [-0.1, -0.05) is 76.2 Å². The summed E-state index contributed by atoms with van der Waals surface area (Å²) in [6.45, 7) is 11.5. The molecule has 0 aromatic heterocycles. The molecule has 4 aromatic rings. The van der Waals surface area contributed by atoms with Crippen molar-refractivity contribution >= 4 is 37.5 Å². The first-order chi connectivity index (χ1) is 24.8. The van der Waals surface area contributed by atoms with Gasteiger partial charge in [0.25, 0.3) is 20.0 Å². The maximum Gasteiger partial charge on any atom is 0.409 e. The summed E-state index contributed by atoms with van der Waals surface area (Å²) in [5.74, 6) is 1.34. The average Bonchev–Trinajstić information content (AvgIpc) is 3.86. The Bertz CT molecular complexity index is 2030. The second-order valence-corrected chi connectivity index (χ2v) is 17.4. The zero-order valence-electron chi connectivity index (χ0n) is 30.5. The maximum atomic E-state index is 12.7. The molecule has 0 bridgehead atoms. The van der Waals surface area contributed by atoms with Crippen LogP contribution in [0.3, 0.4) is 0 Å². The van der Waals surface area contributed by atoms with Crippen molar-refractivity contribution in [2.24, 2.45) is 0 Å². The molecule has 1 amide bonds. The number of hydrogen-bond donors (Lipinski definition) is 3. The van der Waals surface area contributed by atoms with Gasteiger partial charge in [-0.2, -0.15) is 0 Å². The number of carbonyl (C=O) groups excluding carboxylic acids is 1. The summed E-state index contributed by atoms with van der Waals surface area (Å²) in [4.78, 5) is 13.9. The SMILES string of the molecule is CC(C)c1ccc(S(=O)(=O)Nc2cccc(C3CCNC3)c2)cc1.COC(=O)N1CCC(c2cccc(NS(=O)(=O)c3ccc(C(C)C)cc3)c2)C1. The smallest absolute Gasteiger partial charge is 0.409 e. The normalized spacial score (nSPS) is 17.5. The van der Waals surface area contributed by atoms with E-state index in [-0.39, 0.29) is 16.9 Å². The Hall–Kier alpha value is -4.39. The molecule has 12 heteroatoms.